The number of rotatable bonds is 10. The molecule has 17 heteroatoms. The van der Waals surface area contributed by atoms with Crippen molar-refractivity contribution in [2.45, 2.75) is 123 Å². The van der Waals surface area contributed by atoms with Crippen molar-refractivity contribution in [2.24, 2.45) is 58.7 Å². The fourth-order valence-electron chi connectivity index (χ4n) is 11.3. The van der Waals surface area contributed by atoms with Gasteiger partial charge in [0.15, 0.2) is 0 Å². The van der Waals surface area contributed by atoms with Crippen LogP contribution >= 0.6 is 8.53 Å². The molecule has 0 aromatic rings. The molecule has 6 fully saturated rings. The van der Waals surface area contributed by atoms with E-state index in [-0.39, 0.29) is 83.8 Å². The number of allylic oxidation sites excluding steroid dienone is 4. The summed E-state index contributed by atoms with van der Waals surface area (Å²) in [4.78, 5) is 110. The monoisotopic (exact) mass is 824 g/mol. The Hall–Kier alpha value is -4.01. The Kier molecular flexibility index (Phi) is 10.5. The van der Waals surface area contributed by atoms with Gasteiger partial charge in [-0.2, -0.15) is 0 Å². The van der Waals surface area contributed by atoms with Crippen molar-refractivity contribution in [2.75, 3.05) is 0 Å². The van der Waals surface area contributed by atoms with Gasteiger partial charge >= 0.3 is 38.8 Å². The highest BCUT2D eigenvalue weighted by atomic mass is 31.2. The smallest absolute Gasteiger partial charge is 0.411 e. The maximum atomic E-state index is 13.7. The first-order chi connectivity index (χ1) is 27.4. The number of ether oxygens (including phenoxy) is 2. The van der Waals surface area contributed by atoms with E-state index in [2.05, 4.69) is 10.4 Å². The van der Waals surface area contributed by atoms with Gasteiger partial charge in [-0.15, -0.1) is 0 Å². The molecule has 14 atom stereocenters. The lowest BCUT2D eigenvalue weighted by Crippen LogP contribution is -2.56. The summed E-state index contributed by atoms with van der Waals surface area (Å²) in [6.07, 6.45) is 10.9. The van der Waals surface area contributed by atoms with E-state index in [1.165, 1.54) is 9.80 Å². The Labute approximate surface area is 338 Å². The van der Waals surface area contributed by atoms with Crippen molar-refractivity contribution in [1.82, 2.24) is 20.2 Å². The maximum absolute atomic E-state index is 13.7. The van der Waals surface area contributed by atoms with Crippen molar-refractivity contribution in [1.29, 1.82) is 0 Å². The zero-order chi connectivity index (χ0) is 41.6. The first-order valence-corrected chi connectivity index (χ1v) is 21.8. The van der Waals surface area contributed by atoms with Gasteiger partial charge < -0.3 is 18.5 Å². The lowest BCUT2D eigenvalue weighted by atomic mass is 9.85. The summed E-state index contributed by atoms with van der Waals surface area (Å²) in [5, 5.41) is 6.16. The van der Waals surface area contributed by atoms with E-state index in [0.717, 1.165) is 25.7 Å². The number of likely N-dealkylation sites (tertiary alicyclic amines) is 2. The van der Waals surface area contributed by atoms with E-state index in [1.807, 2.05) is 24.3 Å². The summed E-state index contributed by atoms with van der Waals surface area (Å²) in [5.74, 6) is -7.49. The van der Waals surface area contributed by atoms with Crippen LogP contribution < -0.4 is 10.4 Å². The highest BCUT2D eigenvalue weighted by molar-refractivity contribution is 7.46. The molecule has 13 unspecified atom stereocenters. The first-order valence-electron chi connectivity index (χ1n) is 20.7. The fraction of sp³-hybridized carbons (Fsp3) is 0.707. The van der Waals surface area contributed by atoms with Crippen molar-refractivity contribution in [3.05, 3.63) is 24.3 Å². The van der Waals surface area contributed by atoms with Crippen LogP contribution in [0.5, 0.6) is 0 Å². The van der Waals surface area contributed by atoms with Gasteiger partial charge in [-0.05, 0) is 96.8 Å². The predicted octanol–water partition coefficient (Wildman–Crippen LogP) is 3.40. The van der Waals surface area contributed by atoms with Gasteiger partial charge in [0.2, 0.25) is 23.6 Å². The van der Waals surface area contributed by atoms with Crippen LogP contribution in [0.15, 0.2) is 24.3 Å². The Morgan fingerprint density at radius 1 is 0.776 bits per heavy atom. The molecule has 4 amide bonds. The molecule has 8 rings (SSSR count). The van der Waals surface area contributed by atoms with Crippen LogP contribution in [0, 0.1) is 58.7 Å². The van der Waals surface area contributed by atoms with E-state index in [9.17, 15) is 38.4 Å². The number of imide groups is 2. The molecule has 16 nitrogen and oxygen atoms in total. The minimum atomic E-state index is -2.50. The number of amides is 4. The molecule has 0 aromatic heterocycles. The zero-order valence-electron chi connectivity index (χ0n) is 33.7. The fourth-order valence-corrected chi connectivity index (χ4v) is 12.6. The van der Waals surface area contributed by atoms with Crippen LogP contribution in [0.1, 0.15) is 92.9 Å². The van der Waals surface area contributed by atoms with Gasteiger partial charge in [0.25, 0.3) is 0 Å². The number of esters is 2. The third-order valence-corrected chi connectivity index (χ3v) is 15.1. The van der Waals surface area contributed by atoms with Gasteiger partial charge in [-0.25, -0.2) is 20.0 Å². The summed E-state index contributed by atoms with van der Waals surface area (Å²) >= 11 is 0. The van der Waals surface area contributed by atoms with Crippen LogP contribution in [-0.2, 0) is 56.9 Å². The van der Waals surface area contributed by atoms with E-state index < -0.39 is 73.8 Å². The minimum absolute atomic E-state index is 0.0485. The average Bonchev–Trinajstić information content (AvgIpc) is 4.00. The lowest BCUT2D eigenvalue weighted by molar-refractivity contribution is -0.206. The quantitative estimate of drug-likeness (QED) is 0.107. The number of carbonyl (C=O) groups is 8. The molecule has 4 bridgehead atoms. The van der Waals surface area contributed by atoms with Crippen molar-refractivity contribution in [3.8, 4) is 0 Å². The second-order valence-corrected chi connectivity index (χ2v) is 20.0. The van der Waals surface area contributed by atoms with Crippen molar-refractivity contribution in [3.63, 3.8) is 0 Å². The minimum Gasteiger partial charge on any atom is -0.411 e. The highest BCUT2D eigenvalue weighted by Crippen LogP contribution is 2.55. The van der Waals surface area contributed by atoms with Crippen LogP contribution in [-0.4, -0.2) is 87.4 Å². The number of hydrogen-bond donors (Lipinski definition) is 2. The van der Waals surface area contributed by atoms with Crippen molar-refractivity contribution >= 4 is 56.0 Å². The van der Waals surface area contributed by atoms with Crippen molar-refractivity contribution < 1.29 is 56.9 Å². The topological polar surface area (TPSA) is 204 Å². The third kappa shape index (κ3) is 7.00. The number of hydrogen-bond acceptors (Lipinski definition) is 14. The van der Waals surface area contributed by atoms with Gasteiger partial charge in [0.1, 0.15) is 0 Å². The Balaban J connectivity index is 0.889. The number of carbonyl (C=O) groups excluding carboxylic acids is 8. The molecule has 58 heavy (non-hydrogen) atoms. The SMILES string of the molecule is CC(CC(C)(C)N1C(=O)C2C3C=CC(C3)C2C1=O)C(=O)OP1NC2CCCCC2N[C@@H](OC(=O)C(C)(C)CC(C)N2C(=O)C3C4C=CC(C4)C3C2=O)OC(=O)C(=O)O1. The molecule has 8 aliphatic rings. The Morgan fingerprint density at radius 3 is 1.84 bits per heavy atom. The number of nitrogens with zero attached hydrogens (tertiary/aromatic N) is 2. The van der Waals surface area contributed by atoms with Gasteiger partial charge in [-0.1, -0.05) is 44.1 Å². The van der Waals surface area contributed by atoms with Gasteiger partial charge in [0, 0.05) is 23.7 Å². The molecule has 3 saturated carbocycles. The molecule has 0 radical (unpaired) electrons. The number of nitrogens with one attached hydrogen (secondary N) is 2. The number of fused-ring (bicyclic) bond motifs is 11. The van der Waals surface area contributed by atoms with E-state index in [4.69, 9.17) is 18.5 Å². The second kappa shape index (κ2) is 14.9. The summed E-state index contributed by atoms with van der Waals surface area (Å²) < 4.78 is 22.1. The second-order valence-electron chi connectivity index (χ2n) is 18.9. The normalized spacial score (nSPS) is 37.7. The molecule has 3 aliphatic heterocycles. The maximum Gasteiger partial charge on any atom is 0.423 e. The molecule has 314 valence electrons. The molecular formula is C41H53N4O12P. The molecular weight excluding hydrogens is 771 g/mol. The largest absolute Gasteiger partial charge is 0.423 e. The molecule has 5 aliphatic carbocycles. The Morgan fingerprint density at radius 2 is 1.29 bits per heavy atom. The highest BCUT2D eigenvalue weighted by Gasteiger charge is 2.62. The molecule has 0 aromatic carbocycles. The number of cyclic esters (lactones) is 1. The zero-order valence-corrected chi connectivity index (χ0v) is 34.6. The lowest BCUT2D eigenvalue weighted by Gasteiger charge is -2.38. The molecule has 3 heterocycles. The van der Waals surface area contributed by atoms with E-state index in [0.29, 0.717) is 12.8 Å². The third-order valence-electron chi connectivity index (χ3n) is 13.9. The summed E-state index contributed by atoms with van der Waals surface area (Å²) in [7, 11) is -2.50. The van der Waals surface area contributed by atoms with E-state index in [1.54, 1.807) is 41.5 Å². The molecule has 3 saturated heterocycles. The van der Waals surface area contributed by atoms with Crippen LogP contribution in [0.25, 0.3) is 0 Å². The van der Waals surface area contributed by atoms with Gasteiger partial charge in [-0.3, -0.25) is 38.6 Å². The summed E-state index contributed by atoms with van der Waals surface area (Å²) in [5.41, 5.74) is -2.26. The molecule has 2 N–H and O–H groups in total. The first kappa shape index (κ1) is 40.8. The predicted molar refractivity (Wildman–Crippen MR) is 202 cm³/mol. The van der Waals surface area contributed by atoms with Gasteiger partial charge in [0.05, 0.1) is 35.0 Å². The van der Waals surface area contributed by atoms with Crippen LogP contribution in [0.3, 0.4) is 0 Å². The van der Waals surface area contributed by atoms with E-state index >= 15 is 0 Å². The van der Waals surface area contributed by atoms with Crippen LogP contribution in [0.4, 0.5) is 0 Å². The summed E-state index contributed by atoms with van der Waals surface area (Å²) in [6.45, 7) is 10.0. The average molecular weight is 825 g/mol. The standard InChI is InChI=1S/C41H53N4O12P/c1-19(17-41(5,6)45-33(48)29-23-13-14-24(16-23)30(29)34(45)49)35(50)56-58-43-26-10-8-7-9-25(26)42-39(54-36(51)37(52)57-58)55-38(53)40(3,4)18-20(2)44-31(46)27-21-11-12-22(15-21)28(27)32(44)47/h11-14,19-30,39,42-43H,7-10,15-18H2,1-6H3/t19?,20?,21?,22?,23?,24?,25?,26?,27?,28?,29?,30?,39-,58?/m1/s1. The van der Waals surface area contributed by atoms with Crippen LogP contribution in [0.2, 0.25) is 0 Å². The summed E-state index contributed by atoms with van der Waals surface area (Å²) in [6, 6.07) is -1.54. The molecule has 0 spiro atoms. The Bertz CT molecular complexity index is 1820.